The maximum atomic E-state index is 13.1. The predicted octanol–water partition coefficient (Wildman–Crippen LogP) is 7.48. The number of carbonyl (C=O) groups excluding carboxylic acids is 1. The topological polar surface area (TPSA) is 69.9 Å². The molecule has 0 aliphatic heterocycles. The molecule has 3 aromatic carbocycles. The Kier molecular flexibility index (Phi) is 7.58. The molecule has 0 atom stereocenters. The zero-order valence-electron chi connectivity index (χ0n) is 22.4. The molecule has 192 valence electrons. The van der Waals surface area contributed by atoms with Gasteiger partial charge in [-0.2, -0.15) is 0 Å². The molecule has 0 radical (unpaired) electrons. The number of benzene rings is 3. The van der Waals surface area contributed by atoms with Crippen LogP contribution < -0.4 is 19.5 Å². The van der Waals surface area contributed by atoms with Crippen molar-refractivity contribution < 1.29 is 23.4 Å². The van der Waals surface area contributed by atoms with E-state index in [0.717, 1.165) is 38.8 Å². The quantitative estimate of drug-likeness (QED) is 0.254. The van der Waals surface area contributed by atoms with E-state index in [-0.39, 0.29) is 5.91 Å². The van der Waals surface area contributed by atoms with E-state index >= 15 is 0 Å². The van der Waals surface area contributed by atoms with Crippen molar-refractivity contribution in [1.29, 1.82) is 0 Å². The van der Waals surface area contributed by atoms with Crippen LogP contribution in [0.2, 0.25) is 0 Å². The summed E-state index contributed by atoms with van der Waals surface area (Å²) >= 11 is 0. The standard InChI is InChI=1S/C31H33NO5/c1-8-36-30-21(5)31-25(26(17-37-31)23-11-9-18(2)13-19(23)3)16-24(30)20(4)14-29(33)32-27-15-22(34-6)10-12-28(27)35-7/h9-17H,8H2,1-7H3,(H,32,33)/b20-14+. The van der Waals surface area contributed by atoms with Crippen LogP contribution in [0.3, 0.4) is 0 Å². The van der Waals surface area contributed by atoms with E-state index in [2.05, 4.69) is 43.4 Å². The van der Waals surface area contributed by atoms with Crippen LogP contribution in [-0.4, -0.2) is 26.7 Å². The van der Waals surface area contributed by atoms with Gasteiger partial charge in [0.15, 0.2) is 0 Å². The Bertz CT molecular complexity index is 1500. The Morgan fingerprint density at radius 3 is 2.46 bits per heavy atom. The van der Waals surface area contributed by atoms with Gasteiger partial charge in [-0.05, 0) is 69.5 Å². The summed E-state index contributed by atoms with van der Waals surface area (Å²) in [5.41, 5.74) is 8.32. The van der Waals surface area contributed by atoms with Crippen LogP contribution in [0.1, 0.15) is 36.1 Å². The second kappa shape index (κ2) is 10.8. The van der Waals surface area contributed by atoms with Gasteiger partial charge in [0.25, 0.3) is 0 Å². The number of hydrogen-bond donors (Lipinski definition) is 1. The molecule has 4 aromatic rings. The van der Waals surface area contributed by atoms with E-state index in [4.69, 9.17) is 18.6 Å². The van der Waals surface area contributed by atoms with Crippen LogP contribution in [0.4, 0.5) is 5.69 Å². The summed E-state index contributed by atoms with van der Waals surface area (Å²) < 4.78 is 22.8. The Morgan fingerprint density at radius 1 is 1.00 bits per heavy atom. The van der Waals surface area contributed by atoms with Crippen LogP contribution >= 0.6 is 0 Å². The van der Waals surface area contributed by atoms with Gasteiger partial charge in [-0.3, -0.25) is 4.79 Å². The van der Waals surface area contributed by atoms with Gasteiger partial charge in [-0.15, -0.1) is 0 Å². The van der Waals surface area contributed by atoms with Gasteiger partial charge in [0.05, 0.1) is 32.8 Å². The van der Waals surface area contributed by atoms with Crippen molar-refractivity contribution in [3.63, 3.8) is 0 Å². The molecule has 0 saturated carbocycles. The molecule has 1 amide bonds. The highest BCUT2D eigenvalue weighted by Crippen LogP contribution is 2.41. The predicted molar refractivity (Wildman–Crippen MR) is 149 cm³/mol. The van der Waals surface area contributed by atoms with Gasteiger partial charge in [-0.25, -0.2) is 0 Å². The Morgan fingerprint density at radius 2 is 1.78 bits per heavy atom. The number of nitrogens with one attached hydrogen (secondary N) is 1. The number of anilines is 1. The molecule has 4 rings (SSSR count). The summed E-state index contributed by atoms with van der Waals surface area (Å²) in [4.78, 5) is 13.1. The molecule has 0 fully saturated rings. The third kappa shape index (κ3) is 5.19. The third-order valence-electron chi connectivity index (χ3n) is 6.44. The fraction of sp³-hybridized carbons (Fsp3) is 0.258. The molecular weight excluding hydrogens is 466 g/mol. The first-order valence-electron chi connectivity index (χ1n) is 12.2. The Hall–Kier alpha value is -4.19. The number of ether oxygens (including phenoxy) is 3. The Balaban J connectivity index is 1.79. The number of furan rings is 1. The van der Waals surface area contributed by atoms with Gasteiger partial charge < -0.3 is 23.9 Å². The fourth-order valence-corrected chi connectivity index (χ4v) is 4.62. The van der Waals surface area contributed by atoms with Gasteiger partial charge in [-0.1, -0.05) is 23.8 Å². The summed E-state index contributed by atoms with van der Waals surface area (Å²) in [5.74, 6) is 1.59. The van der Waals surface area contributed by atoms with Crippen molar-refractivity contribution >= 4 is 28.1 Å². The SMILES string of the molecule is CCOc1c(/C(C)=C/C(=O)Nc2cc(OC)ccc2OC)cc2c(-c3ccc(C)cc3C)coc2c1C. The lowest BCUT2D eigenvalue weighted by Gasteiger charge is -2.15. The summed E-state index contributed by atoms with van der Waals surface area (Å²) in [6.45, 7) is 10.5. The summed E-state index contributed by atoms with van der Waals surface area (Å²) in [6, 6.07) is 13.7. The van der Waals surface area contributed by atoms with Gasteiger partial charge in [0.2, 0.25) is 5.91 Å². The monoisotopic (exact) mass is 499 g/mol. The number of methoxy groups -OCH3 is 2. The van der Waals surface area contributed by atoms with E-state index in [1.165, 1.54) is 11.1 Å². The van der Waals surface area contributed by atoms with Gasteiger partial charge in [0, 0.05) is 34.2 Å². The van der Waals surface area contributed by atoms with E-state index in [1.807, 2.05) is 20.8 Å². The second-order valence-corrected chi connectivity index (χ2v) is 9.04. The number of rotatable bonds is 8. The number of allylic oxidation sites excluding steroid dienone is 1. The van der Waals surface area contributed by atoms with Gasteiger partial charge >= 0.3 is 0 Å². The zero-order valence-corrected chi connectivity index (χ0v) is 22.4. The van der Waals surface area contributed by atoms with Crippen molar-refractivity contribution in [3.8, 4) is 28.4 Å². The number of amides is 1. The normalized spacial score (nSPS) is 11.5. The molecule has 1 aromatic heterocycles. The van der Waals surface area contributed by atoms with Crippen molar-refractivity contribution in [1.82, 2.24) is 0 Å². The number of carbonyl (C=O) groups is 1. The molecule has 6 nitrogen and oxygen atoms in total. The van der Waals surface area contributed by atoms with Crippen molar-refractivity contribution in [2.75, 3.05) is 26.1 Å². The summed E-state index contributed by atoms with van der Waals surface area (Å²) in [6.07, 6.45) is 3.37. The molecule has 1 heterocycles. The van der Waals surface area contributed by atoms with Crippen LogP contribution in [0.25, 0.3) is 27.7 Å². The smallest absolute Gasteiger partial charge is 0.248 e. The molecule has 0 bridgehead atoms. The fourth-order valence-electron chi connectivity index (χ4n) is 4.62. The lowest BCUT2D eigenvalue weighted by Crippen LogP contribution is -2.10. The Labute approximate surface area is 217 Å². The highest BCUT2D eigenvalue weighted by Gasteiger charge is 2.20. The van der Waals surface area contributed by atoms with Crippen molar-refractivity contribution in [2.45, 2.75) is 34.6 Å². The third-order valence-corrected chi connectivity index (χ3v) is 6.44. The molecule has 37 heavy (non-hydrogen) atoms. The van der Waals surface area contributed by atoms with Crippen LogP contribution in [-0.2, 0) is 4.79 Å². The highest BCUT2D eigenvalue weighted by atomic mass is 16.5. The van der Waals surface area contributed by atoms with Crippen LogP contribution in [0.15, 0.2) is 59.2 Å². The average molecular weight is 500 g/mol. The molecular formula is C31H33NO5. The minimum atomic E-state index is -0.286. The molecule has 0 spiro atoms. The average Bonchev–Trinajstić information content (AvgIpc) is 3.29. The lowest BCUT2D eigenvalue weighted by molar-refractivity contribution is -0.111. The zero-order chi connectivity index (χ0) is 26.7. The molecule has 0 saturated heterocycles. The maximum Gasteiger partial charge on any atom is 0.248 e. The first kappa shape index (κ1) is 25.9. The van der Waals surface area contributed by atoms with E-state index in [1.54, 1.807) is 44.8 Å². The van der Waals surface area contributed by atoms with Crippen LogP contribution in [0.5, 0.6) is 17.2 Å². The lowest BCUT2D eigenvalue weighted by atomic mass is 9.94. The van der Waals surface area contributed by atoms with Gasteiger partial charge in [0.1, 0.15) is 22.8 Å². The summed E-state index contributed by atoms with van der Waals surface area (Å²) in [5, 5.41) is 3.88. The highest BCUT2D eigenvalue weighted by molar-refractivity contribution is 6.06. The molecule has 0 aliphatic rings. The minimum absolute atomic E-state index is 0.286. The van der Waals surface area contributed by atoms with E-state index < -0.39 is 0 Å². The molecule has 0 unspecified atom stereocenters. The van der Waals surface area contributed by atoms with Crippen LogP contribution in [0, 0.1) is 20.8 Å². The first-order chi connectivity index (χ1) is 17.8. The largest absolute Gasteiger partial charge is 0.497 e. The minimum Gasteiger partial charge on any atom is -0.497 e. The maximum absolute atomic E-state index is 13.1. The molecule has 6 heteroatoms. The molecule has 0 aliphatic carbocycles. The second-order valence-electron chi connectivity index (χ2n) is 9.04. The number of hydrogen-bond acceptors (Lipinski definition) is 5. The molecule has 1 N–H and O–H groups in total. The first-order valence-corrected chi connectivity index (χ1v) is 12.2. The summed E-state index contributed by atoms with van der Waals surface area (Å²) in [7, 11) is 3.14. The van der Waals surface area contributed by atoms with Crippen molar-refractivity contribution in [3.05, 3.63) is 77.1 Å². The number of fused-ring (bicyclic) bond motifs is 1. The van der Waals surface area contributed by atoms with E-state index in [0.29, 0.717) is 29.5 Å². The van der Waals surface area contributed by atoms with E-state index in [9.17, 15) is 4.79 Å². The number of aryl methyl sites for hydroxylation is 3. The van der Waals surface area contributed by atoms with Crippen molar-refractivity contribution in [2.24, 2.45) is 0 Å².